The highest BCUT2D eigenvalue weighted by Gasteiger charge is 2.27. The number of benzene rings is 3. The molecule has 0 radical (unpaired) electrons. The van der Waals surface area contributed by atoms with E-state index < -0.39 is 15.9 Å². The third-order valence-corrected chi connectivity index (χ3v) is 8.37. The van der Waals surface area contributed by atoms with E-state index in [1.165, 1.54) is 30.5 Å². The Morgan fingerprint density at radius 3 is 2.29 bits per heavy atom. The number of carbonyl (C=O) groups is 1. The minimum Gasteiger partial charge on any atom is -0.350 e. The lowest BCUT2D eigenvalue weighted by atomic mass is 10.1. The van der Waals surface area contributed by atoms with Gasteiger partial charge in [0.15, 0.2) is 0 Å². The third-order valence-electron chi connectivity index (χ3n) is 6.18. The number of rotatable bonds is 9. The zero-order valence-electron chi connectivity index (χ0n) is 19.8. The van der Waals surface area contributed by atoms with E-state index in [0.29, 0.717) is 17.3 Å². The Labute approximate surface area is 212 Å². The van der Waals surface area contributed by atoms with Gasteiger partial charge in [-0.2, -0.15) is 0 Å². The highest BCUT2D eigenvalue weighted by Crippen LogP contribution is 2.28. The molecule has 0 bridgehead atoms. The molecule has 0 aliphatic carbocycles. The van der Waals surface area contributed by atoms with Crippen LogP contribution in [0.1, 0.15) is 29.5 Å². The number of hydrogen-bond donors (Lipinski definition) is 1. The van der Waals surface area contributed by atoms with E-state index in [9.17, 15) is 13.2 Å². The van der Waals surface area contributed by atoms with E-state index in [1.807, 2.05) is 19.1 Å². The molecule has 1 N–H and O–H groups in total. The number of nitrogens with one attached hydrogen (secondary N) is 1. The van der Waals surface area contributed by atoms with Crippen LogP contribution in [0, 0.1) is 6.92 Å². The van der Waals surface area contributed by atoms with Crippen LogP contribution in [-0.2, 0) is 27.9 Å². The Morgan fingerprint density at radius 2 is 1.63 bits per heavy atom. The first-order chi connectivity index (χ1) is 16.8. The van der Waals surface area contributed by atoms with Crippen LogP contribution in [0.3, 0.4) is 0 Å². The van der Waals surface area contributed by atoms with Crippen molar-refractivity contribution in [2.45, 2.75) is 37.8 Å². The lowest BCUT2D eigenvalue weighted by molar-refractivity contribution is -0.119. The fourth-order valence-corrected chi connectivity index (χ4v) is 5.73. The number of carbonyl (C=O) groups excluding carboxylic acids is 1. The number of hydrogen-bond acceptors (Lipinski definition) is 4. The molecule has 1 saturated heterocycles. The lowest BCUT2D eigenvalue weighted by Gasteiger charge is -2.24. The second-order valence-corrected chi connectivity index (χ2v) is 11.1. The van der Waals surface area contributed by atoms with E-state index in [-0.39, 0.29) is 11.4 Å². The van der Waals surface area contributed by atoms with Gasteiger partial charge in [0.05, 0.1) is 10.6 Å². The van der Waals surface area contributed by atoms with Crippen LogP contribution >= 0.6 is 11.6 Å². The van der Waals surface area contributed by atoms with Crippen LogP contribution in [0.15, 0.2) is 77.7 Å². The molecule has 0 aromatic heterocycles. The van der Waals surface area contributed by atoms with E-state index in [4.69, 9.17) is 11.6 Å². The van der Waals surface area contributed by atoms with Crippen molar-refractivity contribution in [3.63, 3.8) is 0 Å². The topological polar surface area (TPSA) is 69.7 Å². The molecule has 1 heterocycles. The maximum atomic E-state index is 13.4. The molecule has 6 nitrogen and oxygen atoms in total. The summed E-state index contributed by atoms with van der Waals surface area (Å²) in [6.07, 6.45) is 2.52. The predicted molar refractivity (Wildman–Crippen MR) is 140 cm³/mol. The molecule has 4 rings (SSSR count). The standard InChI is InChI=1S/C27H30ClN3O3S/c1-21-9-14-24(17-26(21)28)31(35(33,34)25-7-3-2-4-8-25)20-27(32)29-18-22-10-12-23(13-11-22)19-30-15-5-6-16-30/h2-4,7-14,17H,5-6,15-16,18-20H2,1H3,(H,29,32). The average Bonchev–Trinajstić information content (AvgIpc) is 3.37. The molecule has 8 heteroatoms. The number of likely N-dealkylation sites (tertiary alicyclic amines) is 1. The fourth-order valence-electron chi connectivity index (χ4n) is 4.12. The highest BCUT2D eigenvalue weighted by atomic mass is 35.5. The normalized spacial score (nSPS) is 14.1. The molecule has 3 aromatic carbocycles. The third kappa shape index (κ3) is 6.42. The molecule has 3 aromatic rings. The Morgan fingerprint density at radius 1 is 0.971 bits per heavy atom. The first-order valence-corrected chi connectivity index (χ1v) is 13.6. The summed E-state index contributed by atoms with van der Waals surface area (Å²) >= 11 is 6.27. The zero-order valence-corrected chi connectivity index (χ0v) is 21.4. The summed E-state index contributed by atoms with van der Waals surface area (Å²) in [5, 5.41) is 3.29. The van der Waals surface area contributed by atoms with Gasteiger partial charge in [-0.05, 0) is 73.8 Å². The second-order valence-electron chi connectivity index (χ2n) is 8.83. The molecule has 1 aliphatic heterocycles. The van der Waals surface area contributed by atoms with Gasteiger partial charge < -0.3 is 5.32 Å². The minimum atomic E-state index is -3.97. The summed E-state index contributed by atoms with van der Waals surface area (Å²) in [5.41, 5.74) is 3.37. The van der Waals surface area contributed by atoms with Gasteiger partial charge >= 0.3 is 0 Å². The van der Waals surface area contributed by atoms with Crippen molar-refractivity contribution < 1.29 is 13.2 Å². The monoisotopic (exact) mass is 511 g/mol. The van der Waals surface area contributed by atoms with Crippen molar-refractivity contribution in [3.05, 3.63) is 94.5 Å². The minimum absolute atomic E-state index is 0.109. The molecular weight excluding hydrogens is 482 g/mol. The van der Waals surface area contributed by atoms with Crippen molar-refractivity contribution in [2.75, 3.05) is 23.9 Å². The summed E-state index contributed by atoms with van der Waals surface area (Å²) in [4.78, 5) is 15.4. The van der Waals surface area contributed by atoms with Gasteiger partial charge in [-0.1, -0.05) is 60.1 Å². The molecule has 35 heavy (non-hydrogen) atoms. The number of aryl methyl sites for hydroxylation is 1. The lowest BCUT2D eigenvalue weighted by Crippen LogP contribution is -2.40. The van der Waals surface area contributed by atoms with Crippen LogP contribution in [-0.4, -0.2) is 38.9 Å². The van der Waals surface area contributed by atoms with Crippen molar-refractivity contribution in [1.82, 2.24) is 10.2 Å². The molecule has 0 saturated carbocycles. The number of halogens is 1. The van der Waals surface area contributed by atoms with Crippen molar-refractivity contribution in [2.24, 2.45) is 0 Å². The molecule has 0 spiro atoms. The predicted octanol–water partition coefficient (Wildman–Crippen LogP) is 4.76. The van der Waals surface area contributed by atoms with E-state index in [0.717, 1.165) is 35.1 Å². The van der Waals surface area contributed by atoms with Crippen LogP contribution in [0.2, 0.25) is 5.02 Å². The van der Waals surface area contributed by atoms with Crippen LogP contribution in [0.5, 0.6) is 0 Å². The number of nitrogens with zero attached hydrogens (tertiary/aromatic N) is 2. The van der Waals surface area contributed by atoms with Gasteiger partial charge in [0.1, 0.15) is 6.54 Å². The van der Waals surface area contributed by atoms with Gasteiger partial charge in [-0.3, -0.25) is 14.0 Å². The first kappa shape index (κ1) is 25.2. The molecular formula is C27H30ClN3O3S. The fraction of sp³-hybridized carbons (Fsp3) is 0.296. The largest absolute Gasteiger partial charge is 0.350 e. The van der Waals surface area contributed by atoms with Gasteiger partial charge in [0.25, 0.3) is 10.0 Å². The molecule has 184 valence electrons. The highest BCUT2D eigenvalue weighted by molar-refractivity contribution is 7.92. The van der Waals surface area contributed by atoms with Crippen LogP contribution in [0.25, 0.3) is 0 Å². The SMILES string of the molecule is Cc1ccc(N(CC(=O)NCc2ccc(CN3CCCC3)cc2)S(=O)(=O)c2ccccc2)cc1Cl. The molecule has 0 atom stereocenters. The second kappa shape index (κ2) is 11.2. The molecule has 1 aliphatic rings. The van der Waals surface area contributed by atoms with Crippen molar-refractivity contribution in [1.29, 1.82) is 0 Å². The summed E-state index contributed by atoms with van der Waals surface area (Å²) in [6, 6.07) is 21.2. The average molecular weight is 512 g/mol. The van der Waals surface area contributed by atoms with Crippen LogP contribution in [0.4, 0.5) is 5.69 Å². The summed E-state index contributed by atoms with van der Waals surface area (Å²) in [7, 11) is -3.97. The van der Waals surface area contributed by atoms with Gasteiger partial charge in [-0.25, -0.2) is 8.42 Å². The summed E-state index contributed by atoms with van der Waals surface area (Å²) in [6.45, 7) is 5.03. The maximum Gasteiger partial charge on any atom is 0.264 e. The Bertz CT molecular complexity index is 1260. The number of sulfonamides is 1. The van der Waals surface area contributed by atoms with Crippen molar-refractivity contribution >= 4 is 33.2 Å². The summed E-state index contributed by atoms with van der Waals surface area (Å²) < 4.78 is 27.9. The van der Waals surface area contributed by atoms with Gasteiger partial charge in [0, 0.05) is 18.1 Å². The quantitative estimate of drug-likeness (QED) is 0.450. The molecule has 1 fully saturated rings. The van der Waals surface area contributed by atoms with E-state index in [2.05, 4.69) is 22.3 Å². The smallest absolute Gasteiger partial charge is 0.264 e. The number of anilines is 1. The first-order valence-electron chi connectivity index (χ1n) is 11.7. The van der Waals surface area contributed by atoms with E-state index in [1.54, 1.807) is 36.4 Å². The van der Waals surface area contributed by atoms with Crippen LogP contribution < -0.4 is 9.62 Å². The Kier molecular flexibility index (Phi) is 8.11. The Balaban J connectivity index is 1.45. The number of amides is 1. The van der Waals surface area contributed by atoms with Gasteiger partial charge in [0.2, 0.25) is 5.91 Å². The van der Waals surface area contributed by atoms with E-state index >= 15 is 0 Å². The van der Waals surface area contributed by atoms with Crippen molar-refractivity contribution in [3.8, 4) is 0 Å². The maximum absolute atomic E-state index is 13.4. The zero-order chi connectivity index (χ0) is 24.8. The molecule has 0 unspecified atom stereocenters. The summed E-state index contributed by atoms with van der Waals surface area (Å²) in [5.74, 6) is -0.401. The van der Waals surface area contributed by atoms with Gasteiger partial charge in [-0.15, -0.1) is 0 Å². The Hall–Kier alpha value is -2.87. The molecule has 1 amide bonds.